The topological polar surface area (TPSA) is 20.2 Å². The van der Waals surface area contributed by atoms with Gasteiger partial charge in [0.1, 0.15) is 6.10 Å². The normalized spacial score (nSPS) is 12.7. The number of rotatable bonds is 2. The minimum absolute atomic E-state index is 0.537. The molecule has 78 valence electrons. The molecule has 0 amide bonds. The third kappa shape index (κ3) is 2.30. The summed E-state index contributed by atoms with van der Waals surface area (Å²) in [6.45, 7) is 2.02. The van der Waals surface area contributed by atoms with E-state index in [4.69, 9.17) is 0 Å². The second kappa shape index (κ2) is 4.47. The predicted octanol–water partition coefficient (Wildman–Crippen LogP) is 3.90. The van der Waals surface area contributed by atoms with Crippen LogP contribution in [0.5, 0.6) is 0 Å². The Kier molecular flexibility index (Phi) is 3.24. The summed E-state index contributed by atoms with van der Waals surface area (Å²) >= 11 is 5.06. The van der Waals surface area contributed by atoms with Crippen molar-refractivity contribution in [3.8, 4) is 0 Å². The second-order valence-corrected chi connectivity index (χ2v) is 5.12. The number of aryl methyl sites for hydroxylation is 1. The van der Waals surface area contributed by atoms with Crippen LogP contribution in [0.3, 0.4) is 0 Å². The van der Waals surface area contributed by atoms with Crippen molar-refractivity contribution in [3.05, 3.63) is 56.2 Å². The number of hydrogen-bond acceptors (Lipinski definition) is 2. The molecule has 0 aliphatic heterocycles. The molecule has 1 N–H and O–H groups in total. The first-order chi connectivity index (χ1) is 7.18. The highest BCUT2D eigenvalue weighted by atomic mass is 79.9. The van der Waals surface area contributed by atoms with Gasteiger partial charge >= 0.3 is 0 Å². The Morgan fingerprint density at radius 2 is 2.13 bits per heavy atom. The molecule has 1 atom stereocenters. The average Bonchev–Trinajstić information content (AvgIpc) is 2.74. The van der Waals surface area contributed by atoms with Gasteiger partial charge in [-0.05, 0) is 40.9 Å². The van der Waals surface area contributed by atoms with Crippen LogP contribution < -0.4 is 0 Å². The van der Waals surface area contributed by atoms with Gasteiger partial charge in [-0.1, -0.05) is 33.6 Å². The van der Waals surface area contributed by atoms with Crippen molar-refractivity contribution in [2.45, 2.75) is 13.0 Å². The summed E-state index contributed by atoms with van der Waals surface area (Å²) in [4.78, 5) is 0. The zero-order valence-electron chi connectivity index (χ0n) is 8.27. The molecule has 1 aromatic heterocycles. The third-order valence-electron chi connectivity index (χ3n) is 2.31. The lowest BCUT2D eigenvalue weighted by atomic mass is 10.0. The van der Waals surface area contributed by atoms with Crippen LogP contribution in [0.4, 0.5) is 0 Å². The number of thiophene rings is 1. The number of aliphatic hydroxyl groups is 1. The Morgan fingerprint density at radius 1 is 1.33 bits per heavy atom. The maximum absolute atomic E-state index is 10.2. The van der Waals surface area contributed by atoms with Crippen molar-refractivity contribution in [2.24, 2.45) is 0 Å². The summed E-state index contributed by atoms with van der Waals surface area (Å²) in [5.41, 5.74) is 3.03. The summed E-state index contributed by atoms with van der Waals surface area (Å²) in [6.07, 6.45) is -0.537. The summed E-state index contributed by atoms with van der Waals surface area (Å²) in [7, 11) is 0. The smallest absolute Gasteiger partial charge is 0.106 e. The van der Waals surface area contributed by atoms with Crippen molar-refractivity contribution in [2.75, 3.05) is 0 Å². The second-order valence-electron chi connectivity index (χ2n) is 3.48. The van der Waals surface area contributed by atoms with E-state index >= 15 is 0 Å². The molecule has 1 unspecified atom stereocenters. The van der Waals surface area contributed by atoms with E-state index in [9.17, 15) is 5.11 Å². The third-order valence-corrected chi connectivity index (χ3v) is 3.73. The van der Waals surface area contributed by atoms with Crippen LogP contribution in [0, 0.1) is 6.92 Å². The van der Waals surface area contributed by atoms with E-state index in [-0.39, 0.29) is 0 Å². The van der Waals surface area contributed by atoms with Gasteiger partial charge in [-0.2, -0.15) is 11.3 Å². The standard InChI is InChI=1S/C12H11BrOS/c1-8-2-3-11(13)10(6-8)12(14)9-4-5-15-7-9/h2-7,12,14H,1H3. The molecular formula is C12H11BrOS. The molecule has 1 nitrogen and oxygen atoms in total. The molecule has 0 saturated heterocycles. The lowest BCUT2D eigenvalue weighted by Crippen LogP contribution is -1.99. The quantitative estimate of drug-likeness (QED) is 0.886. The fraction of sp³-hybridized carbons (Fsp3) is 0.167. The molecule has 0 fully saturated rings. The predicted molar refractivity (Wildman–Crippen MR) is 67.3 cm³/mol. The van der Waals surface area contributed by atoms with Crippen molar-refractivity contribution in [1.29, 1.82) is 0 Å². The Balaban J connectivity index is 2.41. The Hall–Kier alpha value is -0.640. The summed E-state index contributed by atoms with van der Waals surface area (Å²) in [6, 6.07) is 7.95. The lowest BCUT2D eigenvalue weighted by molar-refractivity contribution is 0.220. The number of hydrogen-bond donors (Lipinski definition) is 1. The van der Waals surface area contributed by atoms with Gasteiger partial charge in [0.25, 0.3) is 0 Å². The number of halogens is 1. The van der Waals surface area contributed by atoms with Gasteiger partial charge in [-0.3, -0.25) is 0 Å². The van der Waals surface area contributed by atoms with E-state index in [0.29, 0.717) is 0 Å². The summed E-state index contributed by atoms with van der Waals surface area (Å²) in [5.74, 6) is 0. The molecular weight excluding hydrogens is 272 g/mol. The molecule has 0 aliphatic rings. The van der Waals surface area contributed by atoms with Gasteiger partial charge in [-0.15, -0.1) is 0 Å². The number of aliphatic hydroxyl groups excluding tert-OH is 1. The molecule has 0 saturated carbocycles. The maximum atomic E-state index is 10.2. The molecule has 0 bridgehead atoms. The summed E-state index contributed by atoms with van der Waals surface area (Å²) < 4.78 is 0.951. The fourth-order valence-corrected chi connectivity index (χ4v) is 2.63. The molecule has 1 aromatic carbocycles. The van der Waals surface area contributed by atoms with Crippen molar-refractivity contribution in [3.63, 3.8) is 0 Å². The van der Waals surface area contributed by atoms with E-state index < -0.39 is 6.10 Å². The highest BCUT2D eigenvalue weighted by molar-refractivity contribution is 9.10. The first kappa shape index (κ1) is 10.9. The van der Waals surface area contributed by atoms with Crippen LogP contribution in [0.1, 0.15) is 22.8 Å². The van der Waals surface area contributed by atoms with Crippen LogP contribution in [0.15, 0.2) is 39.5 Å². The van der Waals surface area contributed by atoms with Crippen LogP contribution in [0.25, 0.3) is 0 Å². The minimum Gasteiger partial charge on any atom is -0.384 e. The van der Waals surface area contributed by atoms with Gasteiger partial charge < -0.3 is 5.11 Å². The SMILES string of the molecule is Cc1ccc(Br)c(C(O)c2ccsc2)c1. The van der Waals surface area contributed by atoms with E-state index in [1.165, 1.54) is 0 Å². The molecule has 3 heteroatoms. The molecule has 2 rings (SSSR count). The monoisotopic (exact) mass is 282 g/mol. The molecule has 0 radical (unpaired) electrons. The first-order valence-electron chi connectivity index (χ1n) is 4.64. The first-order valence-corrected chi connectivity index (χ1v) is 6.38. The Labute approximate surface area is 102 Å². The fourth-order valence-electron chi connectivity index (χ4n) is 1.48. The lowest BCUT2D eigenvalue weighted by Gasteiger charge is -2.12. The largest absolute Gasteiger partial charge is 0.384 e. The number of benzene rings is 1. The molecule has 1 heterocycles. The highest BCUT2D eigenvalue weighted by Gasteiger charge is 2.13. The average molecular weight is 283 g/mol. The van der Waals surface area contributed by atoms with Crippen LogP contribution in [-0.4, -0.2) is 5.11 Å². The van der Waals surface area contributed by atoms with Crippen LogP contribution in [-0.2, 0) is 0 Å². The van der Waals surface area contributed by atoms with Gasteiger partial charge in [0.15, 0.2) is 0 Å². The molecule has 15 heavy (non-hydrogen) atoms. The highest BCUT2D eigenvalue weighted by Crippen LogP contribution is 2.30. The van der Waals surface area contributed by atoms with E-state index in [2.05, 4.69) is 15.9 Å². The Bertz CT molecular complexity index is 451. The van der Waals surface area contributed by atoms with Gasteiger partial charge in [-0.25, -0.2) is 0 Å². The molecule has 0 spiro atoms. The van der Waals surface area contributed by atoms with Crippen molar-refractivity contribution < 1.29 is 5.11 Å². The maximum Gasteiger partial charge on any atom is 0.106 e. The molecule has 0 aliphatic carbocycles. The van der Waals surface area contributed by atoms with Gasteiger partial charge in [0, 0.05) is 4.47 Å². The van der Waals surface area contributed by atoms with Crippen LogP contribution in [0.2, 0.25) is 0 Å². The van der Waals surface area contributed by atoms with Crippen molar-refractivity contribution in [1.82, 2.24) is 0 Å². The van der Waals surface area contributed by atoms with Crippen LogP contribution >= 0.6 is 27.3 Å². The minimum atomic E-state index is -0.537. The van der Waals surface area contributed by atoms with Crippen molar-refractivity contribution >= 4 is 27.3 Å². The van der Waals surface area contributed by atoms with E-state index in [0.717, 1.165) is 21.2 Å². The van der Waals surface area contributed by atoms with E-state index in [1.54, 1.807) is 11.3 Å². The molecule has 2 aromatic rings. The zero-order valence-corrected chi connectivity index (χ0v) is 10.7. The zero-order chi connectivity index (χ0) is 10.8. The Morgan fingerprint density at radius 3 is 2.80 bits per heavy atom. The summed E-state index contributed by atoms with van der Waals surface area (Å²) in [5, 5.41) is 14.1. The van der Waals surface area contributed by atoms with Gasteiger partial charge in [0.2, 0.25) is 0 Å². The van der Waals surface area contributed by atoms with Gasteiger partial charge in [0.05, 0.1) is 0 Å². The van der Waals surface area contributed by atoms with E-state index in [1.807, 2.05) is 41.9 Å².